The van der Waals surface area contributed by atoms with E-state index in [1.54, 1.807) is 0 Å². The summed E-state index contributed by atoms with van der Waals surface area (Å²) in [5.41, 5.74) is 0. The quantitative estimate of drug-likeness (QED) is 0.521. The molecule has 2 atom stereocenters. The smallest absolute Gasteiger partial charge is 0.0918 e. The second-order valence-corrected chi connectivity index (χ2v) is 3.26. The summed E-state index contributed by atoms with van der Waals surface area (Å²) in [6.45, 7) is 3.86. The maximum absolute atomic E-state index is 3.86. The lowest BCUT2D eigenvalue weighted by atomic mass is 9.92. The fraction of sp³-hybridized carbons (Fsp3) is 0.750. The van der Waals surface area contributed by atoms with Gasteiger partial charge in [0.1, 0.15) is 0 Å². The molecule has 1 aliphatic carbocycles. The van der Waals surface area contributed by atoms with Crippen molar-refractivity contribution in [1.82, 2.24) is 10.6 Å². The molecule has 0 aromatic rings. The van der Waals surface area contributed by atoms with E-state index in [4.69, 9.17) is 0 Å². The van der Waals surface area contributed by atoms with E-state index in [9.17, 15) is 0 Å². The average molecular weight is 138 g/mol. The Balaban J connectivity index is 2.04. The summed E-state index contributed by atoms with van der Waals surface area (Å²) in [6, 6.07) is 1.36. The van der Waals surface area contributed by atoms with Crippen LogP contribution in [0.1, 0.15) is 25.7 Å². The average Bonchev–Trinajstić information content (AvgIpc) is 2.27. The minimum Gasteiger partial charge on any atom is -0.368 e. The Bertz CT molecular complexity index is 137. The summed E-state index contributed by atoms with van der Waals surface area (Å²) in [6.07, 6.45) is 5.39. The summed E-state index contributed by atoms with van der Waals surface area (Å²) in [7, 11) is 0. The fourth-order valence-electron chi connectivity index (χ4n) is 1.97. The van der Waals surface area contributed by atoms with Gasteiger partial charge in [-0.1, -0.05) is 19.4 Å². The number of hydrogen-bond acceptors (Lipinski definition) is 2. The minimum absolute atomic E-state index is 0.682. The topological polar surface area (TPSA) is 24.1 Å². The van der Waals surface area contributed by atoms with Crippen molar-refractivity contribution in [2.75, 3.05) is 0 Å². The van der Waals surface area contributed by atoms with Gasteiger partial charge in [-0.25, -0.2) is 0 Å². The normalized spacial score (nSPS) is 38.2. The van der Waals surface area contributed by atoms with Crippen molar-refractivity contribution in [2.24, 2.45) is 0 Å². The lowest BCUT2D eigenvalue weighted by Crippen LogP contribution is -2.36. The van der Waals surface area contributed by atoms with Gasteiger partial charge in [-0.15, -0.1) is 0 Å². The predicted octanol–water partition coefficient (Wildman–Crippen LogP) is 0.962. The molecule has 1 saturated heterocycles. The first-order valence-electron chi connectivity index (χ1n) is 4.08. The van der Waals surface area contributed by atoms with Gasteiger partial charge in [0.05, 0.1) is 5.82 Å². The number of rotatable bonds is 0. The van der Waals surface area contributed by atoms with Crippen LogP contribution in [0.5, 0.6) is 0 Å². The first kappa shape index (κ1) is 6.08. The minimum atomic E-state index is 0.682. The zero-order valence-electron chi connectivity index (χ0n) is 6.19. The maximum Gasteiger partial charge on any atom is 0.0918 e. The lowest BCUT2D eigenvalue weighted by Gasteiger charge is -2.23. The van der Waals surface area contributed by atoms with Crippen LogP contribution in [-0.2, 0) is 0 Å². The largest absolute Gasteiger partial charge is 0.368 e. The van der Waals surface area contributed by atoms with Gasteiger partial charge in [0.2, 0.25) is 0 Å². The van der Waals surface area contributed by atoms with E-state index < -0.39 is 0 Å². The maximum atomic E-state index is 3.86. The second kappa shape index (κ2) is 2.19. The highest BCUT2D eigenvalue weighted by Gasteiger charge is 2.29. The molecule has 2 nitrogen and oxygen atoms in total. The summed E-state index contributed by atoms with van der Waals surface area (Å²) in [4.78, 5) is 0. The molecule has 2 unspecified atom stereocenters. The van der Waals surface area contributed by atoms with Gasteiger partial charge in [-0.3, -0.25) is 0 Å². The molecule has 10 heavy (non-hydrogen) atoms. The lowest BCUT2D eigenvalue weighted by molar-refractivity contribution is 0.374. The van der Waals surface area contributed by atoms with Crippen LogP contribution in [0.15, 0.2) is 12.4 Å². The molecule has 0 amide bonds. The standard InChI is InChI=1S/C8H14N2/c1-6-9-7-4-2-3-5-8(7)10-6/h7-10H,1-5H2. The van der Waals surface area contributed by atoms with Gasteiger partial charge in [-0.05, 0) is 12.8 Å². The molecule has 1 aliphatic heterocycles. The van der Waals surface area contributed by atoms with Gasteiger partial charge in [0.25, 0.3) is 0 Å². The summed E-state index contributed by atoms with van der Waals surface area (Å²) in [5, 5.41) is 6.70. The number of fused-ring (bicyclic) bond motifs is 1. The van der Waals surface area contributed by atoms with Crippen molar-refractivity contribution in [2.45, 2.75) is 37.8 Å². The predicted molar refractivity (Wildman–Crippen MR) is 41.5 cm³/mol. The second-order valence-electron chi connectivity index (χ2n) is 3.26. The van der Waals surface area contributed by atoms with Crippen molar-refractivity contribution < 1.29 is 0 Å². The zero-order chi connectivity index (χ0) is 6.97. The molecule has 0 bridgehead atoms. The summed E-state index contributed by atoms with van der Waals surface area (Å²) in [5.74, 6) is 1.02. The molecule has 1 heterocycles. The number of hydrogen-bond donors (Lipinski definition) is 2. The van der Waals surface area contributed by atoms with E-state index in [0.29, 0.717) is 12.1 Å². The van der Waals surface area contributed by atoms with Crippen LogP contribution in [-0.4, -0.2) is 12.1 Å². The molecular weight excluding hydrogens is 124 g/mol. The Morgan fingerprint density at radius 1 is 1.10 bits per heavy atom. The Morgan fingerprint density at radius 2 is 1.60 bits per heavy atom. The highest BCUT2D eigenvalue weighted by molar-refractivity contribution is 5.06. The monoisotopic (exact) mass is 138 g/mol. The third-order valence-corrected chi connectivity index (χ3v) is 2.49. The van der Waals surface area contributed by atoms with Gasteiger partial charge in [-0.2, -0.15) is 0 Å². The van der Waals surface area contributed by atoms with E-state index in [1.807, 2.05) is 0 Å². The fourth-order valence-corrected chi connectivity index (χ4v) is 1.97. The van der Waals surface area contributed by atoms with Crippen LogP contribution in [0.3, 0.4) is 0 Å². The highest BCUT2D eigenvalue weighted by atomic mass is 15.2. The molecule has 2 fully saturated rings. The van der Waals surface area contributed by atoms with Crippen molar-refractivity contribution >= 4 is 0 Å². The van der Waals surface area contributed by atoms with Gasteiger partial charge >= 0.3 is 0 Å². The van der Waals surface area contributed by atoms with E-state index in [-0.39, 0.29) is 0 Å². The molecule has 2 aliphatic rings. The van der Waals surface area contributed by atoms with Crippen molar-refractivity contribution in [3.8, 4) is 0 Å². The highest BCUT2D eigenvalue weighted by Crippen LogP contribution is 2.22. The molecular formula is C8H14N2. The summed E-state index contributed by atoms with van der Waals surface area (Å²) < 4.78 is 0. The Hall–Kier alpha value is -0.660. The van der Waals surface area contributed by atoms with E-state index in [0.717, 1.165) is 5.82 Å². The summed E-state index contributed by atoms with van der Waals surface area (Å²) >= 11 is 0. The molecule has 56 valence electrons. The zero-order valence-corrected chi connectivity index (χ0v) is 6.19. The molecule has 2 N–H and O–H groups in total. The van der Waals surface area contributed by atoms with Crippen LogP contribution < -0.4 is 10.6 Å². The van der Waals surface area contributed by atoms with Crippen LogP contribution in [0.4, 0.5) is 0 Å². The first-order chi connectivity index (χ1) is 4.86. The Kier molecular flexibility index (Phi) is 1.33. The van der Waals surface area contributed by atoms with Crippen molar-refractivity contribution in [3.05, 3.63) is 12.4 Å². The van der Waals surface area contributed by atoms with Crippen LogP contribution in [0.25, 0.3) is 0 Å². The molecule has 2 heteroatoms. The molecule has 1 saturated carbocycles. The van der Waals surface area contributed by atoms with Crippen molar-refractivity contribution in [1.29, 1.82) is 0 Å². The van der Waals surface area contributed by atoms with Gasteiger partial charge in [0.15, 0.2) is 0 Å². The third-order valence-electron chi connectivity index (χ3n) is 2.49. The molecule has 0 aromatic carbocycles. The van der Waals surface area contributed by atoms with E-state index in [2.05, 4.69) is 17.2 Å². The van der Waals surface area contributed by atoms with Crippen LogP contribution in [0.2, 0.25) is 0 Å². The Labute approximate surface area is 61.7 Å². The van der Waals surface area contributed by atoms with Crippen molar-refractivity contribution in [3.63, 3.8) is 0 Å². The molecule has 2 rings (SSSR count). The van der Waals surface area contributed by atoms with Gasteiger partial charge < -0.3 is 10.6 Å². The SMILES string of the molecule is C=C1NC2CCCCC2N1. The molecule has 0 radical (unpaired) electrons. The first-order valence-corrected chi connectivity index (χ1v) is 4.08. The van der Waals surface area contributed by atoms with Crippen LogP contribution >= 0.6 is 0 Å². The van der Waals surface area contributed by atoms with E-state index >= 15 is 0 Å². The Morgan fingerprint density at radius 3 is 2.10 bits per heavy atom. The van der Waals surface area contributed by atoms with Crippen LogP contribution in [0, 0.1) is 0 Å². The third kappa shape index (κ3) is 0.877. The van der Waals surface area contributed by atoms with Gasteiger partial charge in [0, 0.05) is 12.1 Å². The molecule has 0 spiro atoms. The van der Waals surface area contributed by atoms with E-state index in [1.165, 1.54) is 25.7 Å². The molecule has 0 aromatic heterocycles. The number of nitrogens with one attached hydrogen (secondary N) is 2.